The number of benzene rings is 7. The van der Waals surface area contributed by atoms with E-state index < -0.39 is 0 Å². The minimum atomic E-state index is -0.0505. The zero-order valence-corrected chi connectivity index (χ0v) is 35.6. The van der Waals surface area contributed by atoms with E-state index in [0.717, 1.165) is 0 Å². The second-order valence-corrected chi connectivity index (χ2v) is 17.3. The molecule has 296 valence electrons. The quantitative estimate of drug-likeness (QED) is 0.0622. The molecule has 1 aliphatic rings. The highest BCUT2D eigenvalue weighted by molar-refractivity contribution is 6.14. The summed E-state index contributed by atoms with van der Waals surface area (Å²) >= 11 is 0. The van der Waals surface area contributed by atoms with E-state index in [4.69, 9.17) is 0 Å². The van der Waals surface area contributed by atoms with Crippen molar-refractivity contribution in [3.8, 4) is 22.3 Å². The normalized spacial score (nSPS) is 12.9. The van der Waals surface area contributed by atoms with Gasteiger partial charge >= 0.3 is 0 Å². The van der Waals surface area contributed by atoms with E-state index in [1.54, 1.807) is 5.56 Å². The molecule has 7 aromatic rings. The summed E-state index contributed by atoms with van der Waals surface area (Å²) in [5.41, 5.74) is 14.8. The smallest absolute Gasteiger partial charge is 0.0465 e. The molecular formula is C57H63N. The number of hydrogen-bond acceptors (Lipinski definition) is 1. The van der Waals surface area contributed by atoms with E-state index in [2.05, 4.69) is 172 Å². The van der Waals surface area contributed by atoms with Crippen LogP contribution in [0.4, 0.5) is 17.1 Å². The molecule has 0 saturated heterocycles. The lowest BCUT2D eigenvalue weighted by atomic mass is 9.70. The maximum Gasteiger partial charge on any atom is 0.0465 e. The number of anilines is 3. The number of fused-ring (bicyclic) bond motifs is 6. The Balaban J connectivity index is 1.29. The first-order chi connectivity index (χ1) is 28.5. The Morgan fingerprint density at radius 1 is 0.397 bits per heavy atom. The standard InChI is InChI=1S/C57H63N/c1-5-7-9-11-13-19-37-57(38-20-14-12-10-8-6-2)55-40-45(54-39-44-21-15-16-22-49(44)50-23-17-18-24-51(50)54)29-35-52(55)53-36-34-48(41-56(53)57)58(46-30-25-42(3)26-31-46)47-32-27-43(4)28-33-47/h15-18,21-36,39-41H,5-14,19-20,37-38H2,1-4H3. The Morgan fingerprint density at radius 3 is 1.48 bits per heavy atom. The van der Waals surface area contributed by atoms with Crippen molar-refractivity contribution in [1.82, 2.24) is 0 Å². The molecule has 0 unspecified atom stereocenters. The van der Waals surface area contributed by atoms with Crippen LogP contribution in [0, 0.1) is 13.8 Å². The average Bonchev–Trinajstić information content (AvgIpc) is 3.52. The summed E-state index contributed by atoms with van der Waals surface area (Å²) in [7, 11) is 0. The molecule has 8 rings (SSSR count). The molecule has 0 heterocycles. The van der Waals surface area contributed by atoms with Crippen molar-refractivity contribution in [3.63, 3.8) is 0 Å². The van der Waals surface area contributed by atoms with Gasteiger partial charge in [-0.15, -0.1) is 0 Å². The van der Waals surface area contributed by atoms with Crippen molar-refractivity contribution >= 4 is 38.6 Å². The molecule has 0 N–H and O–H groups in total. The number of hydrogen-bond donors (Lipinski definition) is 0. The molecule has 0 atom stereocenters. The third-order valence-electron chi connectivity index (χ3n) is 13.2. The fourth-order valence-corrected chi connectivity index (χ4v) is 10.00. The van der Waals surface area contributed by atoms with Crippen molar-refractivity contribution in [2.75, 3.05) is 4.90 Å². The Hall–Kier alpha value is -5.14. The molecule has 7 aromatic carbocycles. The van der Waals surface area contributed by atoms with Crippen molar-refractivity contribution in [3.05, 3.63) is 162 Å². The van der Waals surface area contributed by atoms with Gasteiger partial charge in [-0.25, -0.2) is 0 Å². The molecule has 1 heteroatoms. The van der Waals surface area contributed by atoms with Crippen LogP contribution in [-0.2, 0) is 5.41 Å². The van der Waals surface area contributed by atoms with Gasteiger partial charge in [0.15, 0.2) is 0 Å². The second-order valence-electron chi connectivity index (χ2n) is 17.3. The Bertz CT molecular complexity index is 2390. The van der Waals surface area contributed by atoms with Gasteiger partial charge in [0.05, 0.1) is 0 Å². The summed E-state index contributed by atoms with van der Waals surface area (Å²) in [6, 6.07) is 53.6. The van der Waals surface area contributed by atoms with Crippen LogP contribution in [-0.4, -0.2) is 0 Å². The van der Waals surface area contributed by atoms with Crippen LogP contribution in [0.25, 0.3) is 43.8 Å². The van der Waals surface area contributed by atoms with E-state index >= 15 is 0 Å². The van der Waals surface area contributed by atoms with E-state index in [1.807, 2.05) is 0 Å². The summed E-state index contributed by atoms with van der Waals surface area (Å²) < 4.78 is 0. The zero-order valence-electron chi connectivity index (χ0n) is 35.6. The lowest BCUT2D eigenvalue weighted by Gasteiger charge is -2.34. The molecule has 0 fully saturated rings. The molecule has 0 amide bonds. The highest BCUT2D eigenvalue weighted by atomic mass is 15.1. The fourth-order valence-electron chi connectivity index (χ4n) is 10.00. The number of aryl methyl sites for hydroxylation is 2. The van der Waals surface area contributed by atoms with Gasteiger partial charge in [0.2, 0.25) is 0 Å². The van der Waals surface area contributed by atoms with Gasteiger partial charge in [-0.1, -0.05) is 193 Å². The fraction of sp³-hybridized carbons (Fsp3) is 0.333. The van der Waals surface area contributed by atoms with Gasteiger partial charge in [0.1, 0.15) is 0 Å². The Morgan fingerprint density at radius 2 is 0.879 bits per heavy atom. The highest BCUT2D eigenvalue weighted by Gasteiger charge is 2.43. The van der Waals surface area contributed by atoms with Crippen LogP contribution in [0.3, 0.4) is 0 Å². The number of nitrogens with zero attached hydrogens (tertiary/aromatic N) is 1. The first-order valence-electron chi connectivity index (χ1n) is 22.6. The summed E-state index contributed by atoms with van der Waals surface area (Å²) in [6.07, 6.45) is 18.1. The summed E-state index contributed by atoms with van der Waals surface area (Å²) in [5.74, 6) is 0. The molecular weight excluding hydrogens is 699 g/mol. The maximum absolute atomic E-state index is 2.64. The zero-order chi connectivity index (χ0) is 39.9. The SMILES string of the molecule is CCCCCCCCC1(CCCCCCCC)c2cc(-c3cc4ccccc4c4ccccc34)ccc2-c2ccc(N(c3ccc(C)cc3)c3ccc(C)cc3)cc21. The molecule has 1 aliphatic carbocycles. The summed E-state index contributed by atoms with van der Waals surface area (Å²) in [4.78, 5) is 2.48. The summed E-state index contributed by atoms with van der Waals surface area (Å²) in [6.45, 7) is 9.01. The lowest BCUT2D eigenvalue weighted by Crippen LogP contribution is -2.26. The van der Waals surface area contributed by atoms with Crippen LogP contribution in [0.1, 0.15) is 126 Å². The molecule has 0 aromatic heterocycles. The van der Waals surface area contributed by atoms with Crippen LogP contribution < -0.4 is 4.90 Å². The molecule has 0 saturated carbocycles. The minimum absolute atomic E-state index is 0.0505. The predicted molar refractivity (Wildman–Crippen MR) is 253 cm³/mol. The molecule has 0 radical (unpaired) electrons. The van der Waals surface area contributed by atoms with Crippen molar-refractivity contribution in [1.29, 1.82) is 0 Å². The van der Waals surface area contributed by atoms with Crippen LogP contribution in [0.5, 0.6) is 0 Å². The third kappa shape index (κ3) is 8.11. The number of unbranched alkanes of at least 4 members (excludes halogenated alkanes) is 10. The topological polar surface area (TPSA) is 3.24 Å². The monoisotopic (exact) mass is 761 g/mol. The Labute approximate surface area is 349 Å². The van der Waals surface area contributed by atoms with E-state index in [-0.39, 0.29) is 5.41 Å². The van der Waals surface area contributed by atoms with E-state index in [0.29, 0.717) is 0 Å². The first-order valence-corrected chi connectivity index (χ1v) is 22.6. The Kier molecular flexibility index (Phi) is 12.4. The number of rotatable bonds is 18. The maximum atomic E-state index is 2.64. The molecule has 1 nitrogen and oxygen atoms in total. The van der Waals surface area contributed by atoms with Crippen LogP contribution in [0.2, 0.25) is 0 Å². The van der Waals surface area contributed by atoms with Gasteiger partial charge in [0.25, 0.3) is 0 Å². The van der Waals surface area contributed by atoms with Crippen molar-refractivity contribution < 1.29 is 0 Å². The van der Waals surface area contributed by atoms with Gasteiger partial charge in [0, 0.05) is 22.5 Å². The molecule has 0 bridgehead atoms. The van der Waals surface area contributed by atoms with Crippen molar-refractivity contribution in [2.45, 2.75) is 123 Å². The third-order valence-corrected chi connectivity index (χ3v) is 13.2. The van der Waals surface area contributed by atoms with E-state index in [1.165, 1.54) is 167 Å². The highest BCUT2D eigenvalue weighted by Crippen LogP contribution is 2.56. The lowest BCUT2D eigenvalue weighted by molar-refractivity contribution is 0.398. The molecule has 0 aliphatic heterocycles. The molecule has 0 spiro atoms. The van der Waals surface area contributed by atoms with Gasteiger partial charge in [-0.05, 0) is 130 Å². The second kappa shape index (κ2) is 18.2. The van der Waals surface area contributed by atoms with Gasteiger partial charge in [-0.3, -0.25) is 0 Å². The van der Waals surface area contributed by atoms with Gasteiger partial charge < -0.3 is 4.90 Å². The first kappa shape index (κ1) is 39.7. The van der Waals surface area contributed by atoms with Gasteiger partial charge in [-0.2, -0.15) is 0 Å². The predicted octanol–water partition coefficient (Wildman–Crippen LogP) is 17.5. The van der Waals surface area contributed by atoms with Crippen LogP contribution >= 0.6 is 0 Å². The largest absolute Gasteiger partial charge is 0.310 e. The molecule has 58 heavy (non-hydrogen) atoms. The average molecular weight is 762 g/mol. The minimum Gasteiger partial charge on any atom is -0.310 e. The van der Waals surface area contributed by atoms with Crippen LogP contribution in [0.15, 0.2) is 140 Å². The van der Waals surface area contributed by atoms with Crippen molar-refractivity contribution in [2.24, 2.45) is 0 Å². The van der Waals surface area contributed by atoms with E-state index in [9.17, 15) is 0 Å². The summed E-state index contributed by atoms with van der Waals surface area (Å²) in [5, 5.41) is 5.31.